The van der Waals surface area contributed by atoms with E-state index < -0.39 is 0 Å². The molecule has 0 aliphatic carbocycles. The number of pyridine rings is 1. The molecule has 0 bridgehead atoms. The molecule has 0 aromatic carbocycles. The number of aromatic nitrogens is 3. The Morgan fingerprint density at radius 1 is 1.37 bits per heavy atom. The fourth-order valence-electron chi connectivity index (χ4n) is 2.00. The van der Waals surface area contributed by atoms with E-state index in [4.69, 9.17) is 10.3 Å². The molecule has 1 atom stereocenters. The molecule has 2 rings (SSSR count). The van der Waals surface area contributed by atoms with Crippen LogP contribution in [0.4, 0.5) is 0 Å². The highest BCUT2D eigenvalue weighted by atomic mass is 16.5. The van der Waals surface area contributed by atoms with Gasteiger partial charge in [-0.05, 0) is 30.5 Å². The van der Waals surface area contributed by atoms with Crippen molar-refractivity contribution in [2.24, 2.45) is 11.7 Å². The van der Waals surface area contributed by atoms with Crippen molar-refractivity contribution in [1.82, 2.24) is 15.1 Å². The normalized spacial score (nSPS) is 12.6. The number of nitrogens with two attached hydrogens (primary N) is 1. The van der Waals surface area contributed by atoms with Gasteiger partial charge in [-0.15, -0.1) is 0 Å². The van der Waals surface area contributed by atoms with E-state index in [2.05, 4.69) is 29.0 Å². The van der Waals surface area contributed by atoms with Crippen LogP contribution in [0.5, 0.6) is 0 Å². The molecule has 5 heteroatoms. The summed E-state index contributed by atoms with van der Waals surface area (Å²) in [6.07, 6.45) is 4.39. The van der Waals surface area contributed by atoms with E-state index >= 15 is 0 Å². The second-order valence-corrected chi connectivity index (χ2v) is 4.59. The van der Waals surface area contributed by atoms with Crippen molar-refractivity contribution in [2.45, 2.75) is 33.1 Å². The molecule has 0 amide bonds. The zero-order chi connectivity index (χ0) is 13.7. The summed E-state index contributed by atoms with van der Waals surface area (Å²) in [5, 5.41) is 4.03. The van der Waals surface area contributed by atoms with Crippen molar-refractivity contribution in [3.05, 3.63) is 29.8 Å². The third kappa shape index (κ3) is 3.17. The van der Waals surface area contributed by atoms with Crippen molar-refractivity contribution in [1.29, 1.82) is 0 Å². The van der Waals surface area contributed by atoms with E-state index in [0.29, 0.717) is 24.2 Å². The molecule has 0 radical (unpaired) electrons. The van der Waals surface area contributed by atoms with Crippen molar-refractivity contribution in [3.8, 4) is 11.5 Å². The molecule has 0 spiro atoms. The van der Waals surface area contributed by atoms with Crippen LogP contribution in [0, 0.1) is 5.92 Å². The Bertz CT molecular complexity index is 520. The largest absolute Gasteiger partial charge is 0.339 e. The summed E-state index contributed by atoms with van der Waals surface area (Å²) in [6, 6.07) is 3.96. The van der Waals surface area contributed by atoms with Gasteiger partial charge in [0.05, 0.1) is 0 Å². The van der Waals surface area contributed by atoms with Gasteiger partial charge in [-0.25, -0.2) is 0 Å². The van der Waals surface area contributed by atoms with Crippen molar-refractivity contribution in [2.75, 3.05) is 6.54 Å². The lowest BCUT2D eigenvalue weighted by Gasteiger charge is -2.07. The van der Waals surface area contributed by atoms with Crippen LogP contribution < -0.4 is 5.73 Å². The number of nitrogens with zero attached hydrogens (tertiary/aromatic N) is 3. The first-order chi connectivity index (χ1) is 9.28. The van der Waals surface area contributed by atoms with Gasteiger partial charge in [0.2, 0.25) is 11.7 Å². The maximum Gasteiger partial charge on any atom is 0.227 e. The smallest absolute Gasteiger partial charge is 0.227 e. The number of aryl methyl sites for hydroxylation is 1. The van der Waals surface area contributed by atoms with E-state index in [9.17, 15) is 0 Å². The standard InChI is InChI=1S/C14H20N4O/c1-3-10(9-15)8-12-17-14(18-19-12)13-11(4-2)6-5-7-16-13/h5-7,10H,3-4,8-9,15H2,1-2H3. The summed E-state index contributed by atoms with van der Waals surface area (Å²) in [4.78, 5) is 8.77. The van der Waals surface area contributed by atoms with Crippen LogP contribution in [0.15, 0.2) is 22.9 Å². The topological polar surface area (TPSA) is 77.8 Å². The second kappa shape index (κ2) is 6.43. The Morgan fingerprint density at radius 3 is 2.89 bits per heavy atom. The third-order valence-corrected chi connectivity index (χ3v) is 3.33. The fourth-order valence-corrected chi connectivity index (χ4v) is 2.00. The predicted molar refractivity (Wildman–Crippen MR) is 73.4 cm³/mol. The molecule has 1 unspecified atom stereocenters. The molecule has 0 saturated carbocycles. The van der Waals surface area contributed by atoms with Crippen LogP contribution in [0.1, 0.15) is 31.7 Å². The Labute approximate surface area is 113 Å². The van der Waals surface area contributed by atoms with E-state index in [1.54, 1.807) is 6.20 Å². The Balaban J connectivity index is 2.21. The van der Waals surface area contributed by atoms with Crippen LogP contribution in [-0.2, 0) is 12.8 Å². The minimum Gasteiger partial charge on any atom is -0.339 e. The van der Waals surface area contributed by atoms with E-state index in [1.165, 1.54) is 0 Å². The number of hydrogen-bond acceptors (Lipinski definition) is 5. The summed E-state index contributed by atoms with van der Waals surface area (Å²) >= 11 is 0. The Kier molecular flexibility index (Phi) is 4.63. The van der Waals surface area contributed by atoms with Gasteiger partial charge >= 0.3 is 0 Å². The molecule has 0 fully saturated rings. The molecular formula is C14H20N4O. The minimum atomic E-state index is 0.391. The van der Waals surface area contributed by atoms with Gasteiger partial charge in [0.1, 0.15) is 5.69 Å². The maximum absolute atomic E-state index is 5.69. The van der Waals surface area contributed by atoms with Crippen molar-refractivity contribution < 1.29 is 4.52 Å². The Hall–Kier alpha value is -1.75. The molecule has 2 aromatic heterocycles. The van der Waals surface area contributed by atoms with Crippen LogP contribution in [0.2, 0.25) is 0 Å². The molecule has 0 aliphatic heterocycles. The highest BCUT2D eigenvalue weighted by Crippen LogP contribution is 2.19. The summed E-state index contributed by atoms with van der Waals surface area (Å²) in [5.74, 6) is 1.60. The second-order valence-electron chi connectivity index (χ2n) is 4.59. The van der Waals surface area contributed by atoms with Gasteiger partial charge in [-0.1, -0.05) is 31.5 Å². The lowest BCUT2D eigenvalue weighted by atomic mass is 10.0. The van der Waals surface area contributed by atoms with Crippen LogP contribution in [-0.4, -0.2) is 21.7 Å². The molecule has 2 heterocycles. The SMILES string of the molecule is CCc1cccnc1-c1noc(CC(CC)CN)n1. The first-order valence-electron chi connectivity index (χ1n) is 6.75. The van der Waals surface area contributed by atoms with E-state index in [0.717, 1.165) is 30.5 Å². The lowest BCUT2D eigenvalue weighted by Crippen LogP contribution is -2.15. The molecular weight excluding hydrogens is 240 g/mol. The number of rotatable bonds is 6. The van der Waals surface area contributed by atoms with Gasteiger partial charge in [-0.3, -0.25) is 4.98 Å². The zero-order valence-corrected chi connectivity index (χ0v) is 11.5. The van der Waals surface area contributed by atoms with Crippen molar-refractivity contribution in [3.63, 3.8) is 0 Å². The van der Waals surface area contributed by atoms with E-state index in [1.807, 2.05) is 12.1 Å². The summed E-state index contributed by atoms with van der Waals surface area (Å²) in [6.45, 7) is 4.84. The summed E-state index contributed by atoms with van der Waals surface area (Å²) in [5.41, 5.74) is 7.62. The van der Waals surface area contributed by atoms with Crippen LogP contribution in [0.3, 0.4) is 0 Å². The molecule has 2 aromatic rings. The average molecular weight is 260 g/mol. The molecule has 102 valence electrons. The first-order valence-corrected chi connectivity index (χ1v) is 6.75. The highest BCUT2D eigenvalue weighted by molar-refractivity contribution is 5.53. The fraction of sp³-hybridized carbons (Fsp3) is 0.500. The van der Waals surface area contributed by atoms with Crippen molar-refractivity contribution >= 4 is 0 Å². The first kappa shape index (κ1) is 13.7. The quantitative estimate of drug-likeness (QED) is 0.861. The molecule has 2 N–H and O–H groups in total. The zero-order valence-electron chi connectivity index (χ0n) is 11.5. The monoisotopic (exact) mass is 260 g/mol. The maximum atomic E-state index is 5.69. The lowest BCUT2D eigenvalue weighted by molar-refractivity contribution is 0.350. The molecule has 19 heavy (non-hydrogen) atoms. The molecule has 0 saturated heterocycles. The molecule has 0 aliphatic rings. The Morgan fingerprint density at radius 2 is 2.21 bits per heavy atom. The van der Waals surface area contributed by atoms with Crippen LogP contribution >= 0.6 is 0 Å². The van der Waals surface area contributed by atoms with Gasteiger partial charge < -0.3 is 10.3 Å². The molecule has 5 nitrogen and oxygen atoms in total. The van der Waals surface area contributed by atoms with Gasteiger partial charge in [0.15, 0.2) is 0 Å². The summed E-state index contributed by atoms with van der Waals surface area (Å²) < 4.78 is 5.30. The number of hydrogen-bond donors (Lipinski definition) is 1. The van der Waals surface area contributed by atoms with Gasteiger partial charge in [0, 0.05) is 12.6 Å². The minimum absolute atomic E-state index is 0.391. The van der Waals surface area contributed by atoms with Crippen LogP contribution in [0.25, 0.3) is 11.5 Å². The van der Waals surface area contributed by atoms with Gasteiger partial charge in [0.25, 0.3) is 0 Å². The average Bonchev–Trinajstić information content (AvgIpc) is 2.93. The third-order valence-electron chi connectivity index (χ3n) is 3.33. The predicted octanol–water partition coefficient (Wildman–Crippen LogP) is 2.22. The van der Waals surface area contributed by atoms with E-state index in [-0.39, 0.29) is 0 Å². The van der Waals surface area contributed by atoms with Gasteiger partial charge in [-0.2, -0.15) is 4.98 Å². The summed E-state index contributed by atoms with van der Waals surface area (Å²) in [7, 11) is 0. The highest BCUT2D eigenvalue weighted by Gasteiger charge is 2.15.